The number of methoxy groups -OCH3 is 2. The molecule has 0 spiro atoms. The number of benzene rings is 2. The number of rotatable bonds is 9. The molecule has 0 radical (unpaired) electrons. The summed E-state index contributed by atoms with van der Waals surface area (Å²) in [6, 6.07) is 11.0. The van der Waals surface area contributed by atoms with Crippen molar-refractivity contribution in [2.45, 2.75) is 26.3 Å². The van der Waals surface area contributed by atoms with Gasteiger partial charge in [0.25, 0.3) is 11.5 Å². The number of aromatic nitrogens is 2. The summed E-state index contributed by atoms with van der Waals surface area (Å²) in [4.78, 5) is 28.5. The van der Waals surface area contributed by atoms with Crippen LogP contribution in [0.15, 0.2) is 41.2 Å². The number of carbonyl (C=O) groups excluding carboxylic acids is 1. The topological polar surface area (TPSA) is 85.3 Å². The number of carbonyl (C=O) groups is 1. The van der Waals surface area contributed by atoms with Crippen LogP contribution in [0.2, 0.25) is 0 Å². The molecule has 0 atom stereocenters. The zero-order valence-electron chi connectivity index (χ0n) is 18.0. The highest BCUT2D eigenvalue weighted by Crippen LogP contribution is 2.20. The lowest BCUT2D eigenvalue weighted by Crippen LogP contribution is -2.26. The standard InChI is InChI=1S/C23H27N3O4S/c1-15-5-8-20(30-3)16(13-15)9-10-24-21(27)17-6-7-18-19(14-17)25-23(31)26(22(18)28)11-4-12-29-2/h5-8,13-14H,4,9-12H2,1-3H3,(H,24,27)(H,25,31). The number of fused-ring (bicyclic) bond motifs is 1. The number of nitrogens with one attached hydrogen (secondary N) is 2. The predicted molar refractivity (Wildman–Crippen MR) is 124 cm³/mol. The Kier molecular flexibility index (Phi) is 7.59. The zero-order valence-corrected chi connectivity index (χ0v) is 18.8. The molecule has 1 amide bonds. The van der Waals surface area contributed by atoms with Crippen LogP contribution in [0.3, 0.4) is 0 Å². The molecule has 0 aliphatic heterocycles. The molecule has 0 aliphatic carbocycles. The maximum absolute atomic E-state index is 12.8. The number of hydrogen-bond donors (Lipinski definition) is 2. The molecular weight excluding hydrogens is 414 g/mol. The van der Waals surface area contributed by atoms with Gasteiger partial charge in [0, 0.05) is 32.4 Å². The molecule has 31 heavy (non-hydrogen) atoms. The third-order valence-corrected chi connectivity index (χ3v) is 5.41. The first-order valence-corrected chi connectivity index (χ1v) is 10.5. The lowest BCUT2D eigenvalue weighted by atomic mass is 10.1. The predicted octanol–water partition coefficient (Wildman–Crippen LogP) is 3.39. The number of H-pyrrole nitrogens is 1. The quantitative estimate of drug-likeness (QED) is 0.393. The van der Waals surface area contributed by atoms with Crippen molar-refractivity contribution in [3.63, 3.8) is 0 Å². The summed E-state index contributed by atoms with van der Waals surface area (Å²) < 4.78 is 12.3. The van der Waals surface area contributed by atoms with Crippen molar-refractivity contribution in [2.24, 2.45) is 0 Å². The molecule has 1 heterocycles. The fourth-order valence-electron chi connectivity index (χ4n) is 3.48. The number of aryl methyl sites for hydroxylation is 1. The van der Waals surface area contributed by atoms with E-state index in [1.807, 2.05) is 19.1 Å². The van der Waals surface area contributed by atoms with E-state index in [1.54, 1.807) is 32.4 Å². The van der Waals surface area contributed by atoms with E-state index in [-0.39, 0.29) is 11.5 Å². The van der Waals surface area contributed by atoms with E-state index in [2.05, 4.69) is 16.4 Å². The van der Waals surface area contributed by atoms with Gasteiger partial charge in [0.1, 0.15) is 5.75 Å². The highest BCUT2D eigenvalue weighted by Gasteiger charge is 2.11. The van der Waals surface area contributed by atoms with Crippen LogP contribution < -0.4 is 15.6 Å². The number of ether oxygens (including phenoxy) is 2. The second-order valence-electron chi connectivity index (χ2n) is 7.31. The van der Waals surface area contributed by atoms with Crippen LogP contribution in [-0.2, 0) is 17.7 Å². The van der Waals surface area contributed by atoms with Crippen molar-refractivity contribution in [3.8, 4) is 5.75 Å². The maximum Gasteiger partial charge on any atom is 0.262 e. The highest BCUT2D eigenvalue weighted by atomic mass is 32.1. The Hall–Kier alpha value is -2.97. The largest absolute Gasteiger partial charge is 0.496 e. The molecule has 2 aromatic carbocycles. The lowest BCUT2D eigenvalue weighted by molar-refractivity contribution is 0.0954. The number of amides is 1. The van der Waals surface area contributed by atoms with Crippen molar-refractivity contribution in [2.75, 3.05) is 27.4 Å². The molecule has 0 saturated carbocycles. The second kappa shape index (κ2) is 10.4. The van der Waals surface area contributed by atoms with Gasteiger partial charge in [0.05, 0.1) is 18.0 Å². The van der Waals surface area contributed by atoms with Crippen LogP contribution in [0.1, 0.15) is 27.9 Å². The van der Waals surface area contributed by atoms with Crippen molar-refractivity contribution in [1.82, 2.24) is 14.9 Å². The van der Waals surface area contributed by atoms with E-state index < -0.39 is 0 Å². The van der Waals surface area contributed by atoms with Gasteiger partial charge in [-0.25, -0.2) is 0 Å². The molecule has 8 heteroatoms. The Morgan fingerprint density at radius 3 is 2.74 bits per heavy atom. The normalized spacial score (nSPS) is 10.9. The van der Waals surface area contributed by atoms with E-state index in [9.17, 15) is 9.59 Å². The SMILES string of the molecule is COCCCn1c(=S)[nH]c2cc(C(=O)NCCc3cc(C)ccc3OC)ccc2c1=O. The van der Waals surface area contributed by atoms with Crippen LogP contribution in [-0.4, -0.2) is 42.8 Å². The van der Waals surface area contributed by atoms with Crippen molar-refractivity contribution >= 4 is 29.0 Å². The van der Waals surface area contributed by atoms with Gasteiger partial charge in [-0.1, -0.05) is 17.7 Å². The summed E-state index contributed by atoms with van der Waals surface area (Å²) in [6.45, 7) is 3.51. The summed E-state index contributed by atoms with van der Waals surface area (Å²) in [6.07, 6.45) is 1.34. The summed E-state index contributed by atoms with van der Waals surface area (Å²) in [5.41, 5.74) is 3.02. The Bertz CT molecular complexity index is 1200. The van der Waals surface area contributed by atoms with Crippen LogP contribution >= 0.6 is 12.2 Å². The average molecular weight is 442 g/mol. The molecule has 0 saturated heterocycles. The summed E-state index contributed by atoms with van der Waals surface area (Å²) in [5, 5.41) is 3.42. The molecule has 1 aromatic heterocycles. The molecule has 3 rings (SSSR count). The smallest absolute Gasteiger partial charge is 0.262 e. The lowest BCUT2D eigenvalue weighted by Gasteiger charge is -2.11. The van der Waals surface area contributed by atoms with Crippen LogP contribution in [0, 0.1) is 11.7 Å². The van der Waals surface area contributed by atoms with Gasteiger partial charge in [0.2, 0.25) is 0 Å². The van der Waals surface area contributed by atoms with E-state index in [4.69, 9.17) is 21.7 Å². The minimum Gasteiger partial charge on any atom is -0.496 e. The Labute approximate surface area is 186 Å². The van der Waals surface area contributed by atoms with Crippen molar-refractivity contribution in [1.29, 1.82) is 0 Å². The average Bonchev–Trinajstić information content (AvgIpc) is 2.75. The Morgan fingerprint density at radius 1 is 1.19 bits per heavy atom. The summed E-state index contributed by atoms with van der Waals surface area (Å²) in [7, 11) is 3.26. The Morgan fingerprint density at radius 2 is 2.00 bits per heavy atom. The summed E-state index contributed by atoms with van der Waals surface area (Å²) in [5.74, 6) is 0.594. The second-order valence-corrected chi connectivity index (χ2v) is 7.70. The fraction of sp³-hybridized carbons (Fsp3) is 0.348. The first-order chi connectivity index (χ1) is 14.9. The van der Waals surface area contributed by atoms with Gasteiger partial charge in [-0.2, -0.15) is 0 Å². The maximum atomic E-state index is 12.8. The number of nitrogens with zero attached hydrogens (tertiary/aromatic N) is 1. The van der Waals surface area contributed by atoms with E-state index >= 15 is 0 Å². The van der Waals surface area contributed by atoms with Gasteiger partial charge in [-0.3, -0.25) is 14.2 Å². The highest BCUT2D eigenvalue weighted by molar-refractivity contribution is 7.71. The van der Waals surface area contributed by atoms with E-state index in [1.165, 1.54) is 4.57 Å². The first-order valence-electron chi connectivity index (χ1n) is 10.1. The van der Waals surface area contributed by atoms with Crippen LogP contribution in [0.5, 0.6) is 5.75 Å². The van der Waals surface area contributed by atoms with Gasteiger partial charge < -0.3 is 19.8 Å². The number of aromatic amines is 1. The molecule has 2 N–H and O–H groups in total. The minimum atomic E-state index is -0.211. The zero-order chi connectivity index (χ0) is 22.4. The Balaban J connectivity index is 1.73. The van der Waals surface area contributed by atoms with E-state index in [0.29, 0.717) is 53.8 Å². The van der Waals surface area contributed by atoms with Crippen LogP contribution in [0.25, 0.3) is 10.9 Å². The monoisotopic (exact) mass is 441 g/mol. The molecule has 7 nitrogen and oxygen atoms in total. The van der Waals surface area contributed by atoms with Crippen molar-refractivity contribution in [3.05, 3.63) is 68.2 Å². The molecule has 0 aliphatic rings. The minimum absolute atomic E-state index is 0.173. The van der Waals surface area contributed by atoms with Crippen LogP contribution in [0.4, 0.5) is 0 Å². The molecule has 0 unspecified atom stereocenters. The molecule has 0 bridgehead atoms. The third-order valence-electron chi connectivity index (χ3n) is 5.09. The summed E-state index contributed by atoms with van der Waals surface area (Å²) >= 11 is 5.34. The third kappa shape index (κ3) is 5.39. The van der Waals surface area contributed by atoms with Gasteiger partial charge in [-0.05, 0) is 61.8 Å². The van der Waals surface area contributed by atoms with Crippen molar-refractivity contribution < 1.29 is 14.3 Å². The van der Waals surface area contributed by atoms with Gasteiger partial charge in [-0.15, -0.1) is 0 Å². The van der Waals surface area contributed by atoms with Gasteiger partial charge in [0.15, 0.2) is 4.77 Å². The van der Waals surface area contributed by atoms with E-state index in [0.717, 1.165) is 16.9 Å². The first kappa shape index (κ1) is 22.7. The molecular formula is C23H27N3O4S. The van der Waals surface area contributed by atoms with Gasteiger partial charge >= 0.3 is 0 Å². The molecule has 164 valence electrons. The molecule has 3 aromatic rings. The fourth-order valence-corrected chi connectivity index (χ4v) is 3.77. The molecule has 0 fully saturated rings. The number of hydrogen-bond acceptors (Lipinski definition) is 5.